The smallest absolute Gasteiger partial charge is 0.282 e. The molecule has 0 aliphatic rings. The molecule has 1 aromatic heterocycles. The number of carbonyl (C=O) groups is 2. The summed E-state index contributed by atoms with van der Waals surface area (Å²) in [6, 6.07) is 20.3. The molecule has 3 aromatic carbocycles. The quantitative estimate of drug-likeness (QED) is 0.180. The summed E-state index contributed by atoms with van der Waals surface area (Å²) in [5, 5.41) is 5.87. The van der Waals surface area contributed by atoms with Crippen molar-refractivity contribution in [2.24, 2.45) is 0 Å². The third-order valence-corrected chi connectivity index (χ3v) is 8.64. The summed E-state index contributed by atoms with van der Waals surface area (Å²) in [7, 11) is 0. The minimum absolute atomic E-state index is 0.0444. The summed E-state index contributed by atoms with van der Waals surface area (Å²) in [5.41, 5.74) is 5.07. The van der Waals surface area contributed by atoms with Gasteiger partial charge < -0.3 is 10.1 Å². The second-order valence-electron chi connectivity index (χ2n) is 12.5. The molecule has 0 spiro atoms. The van der Waals surface area contributed by atoms with Gasteiger partial charge in [0.25, 0.3) is 11.5 Å². The van der Waals surface area contributed by atoms with Gasteiger partial charge in [-0.3, -0.25) is 19.5 Å². The topological polar surface area (TPSA) is 93.2 Å². The first-order valence-corrected chi connectivity index (χ1v) is 14.9. The van der Waals surface area contributed by atoms with E-state index in [2.05, 4.69) is 64.1 Å². The van der Waals surface area contributed by atoms with Crippen LogP contribution in [0.5, 0.6) is 5.75 Å². The molecule has 0 saturated heterocycles. The number of rotatable bonds is 11. The average Bonchev–Trinajstić information content (AvgIpc) is 3.29. The van der Waals surface area contributed by atoms with Crippen molar-refractivity contribution in [2.75, 3.05) is 11.9 Å². The second kappa shape index (κ2) is 12.5. The number of hydrogen-bond acceptors (Lipinski definition) is 4. The van der Waals surface area contributed by atoms with Crippen LogP contribution in [0.3, 0.4) is 0 Å². The van der Waals surface area contributed by atoms with Crippen molar-refractivity contribution in [1.82, 2.24) is 9.78 Å². The minimum atomic E-state index is -0.424. The van der Waals surface area contributed by atoms with E-state index >= 15 is 0 Å². The molecule has 4 aromatic rings. The third-order valence-electron chi connectivity index (χ3n) is 8.64. The molecule has 0 bridgehead atoms. The minimum Gasteiger partial charge on any atom is -0.483 e. The first-order chi connectivity index (χ1) is 20.3. The molecule has 7 heteroatoms. The van der Waals surface area contributed by atoms with E-state index in [0.717, 1.165) is 24.0 Å². The highest BCUT2D eigenvalue weighted by atomic mass is 16.5. The maximum Gasteiger partial charge on any atom is 0.282 e. The molecule has 0 unspecified atom stereocenters. The van der Waals surface area contributed by atoms with Crippen LogP contribution < -0.4 is 15.6 Å². The van der Waals surface area contributed by atoms with E-state index in [1.807, 2.05) is 25.1 Å². The SMILES string of the molecule is CCC(C)(C)c1ccc(OCC(=O)Nc2ccc(-n3[nH]c(C)c(C(=O)c4ccc(C)cc4)c3=O)cc2)c(C(C)(C)CC)c1. The van der Waals surface area contributed by atoms with Crippen molar-refractivity contribution >= 4 is 17.4 Å². The number of hydrogen-bond donors (Lipinski definition) is 2. The Morgan fingerprint density at radius 2 is 1.49 bits per heavy atom. The van der Waals surface area contributed by atoms with Gasteiger partial charge in [-0.15, -0.1) is 0 Å². The van der Waals surface area contributed by atoms with Crippen molar-refractivity contribution in [3.05, 3.63) is 111 Å². The van der Waals surface area contributed by atoms with Crippen LogP contribution in [0.1, 0.15) is 92.7 Å². The molecule has 0 saturated carbocycles. The van der Waals surface area contributed by atoms with Gasteiger partial charge in [0, 0.05) is 22.5 Å². The van der Waals surface area contributed by atoms with Crippen molar-refractivity contribution in [2.45, 2.75) is 79.1 Å². The maximum atomic E-state index is 13.2. The Bertz CT molecular complexity index is 1670. The first-order valence-electron chi connectivity index (χ1n) is 14.9. The van der Waals surface area contributed by atoms with Crippen LogP contribution in [-0.2, 0) is 15.6 Å². The fourth-order valence-corrected chi connectivity index (χ4v) is 4.88. The molecule has 4 rings (SSSR count). The van der Waals surface area contributed by atoms with Gasteiger partial charge in [0.05, 0.1) is 5.69 Å². The molecule has 0 aliphatic heterocycles. The molecule has 43 heavy (non-hydrogen) atoms. The lowest BCUT2D eigenvalue weighted by atomic mass is 9.76. The van der Waals surface area contributed by atoms with Crippen molar-refractivity contribution < 1.29 is 14.3 Å². The van der Waals surface area contributed by atoms with Crippen LogP contribution in [0.4, 0.5) is 5.69 Å². The Morgan fingerprint density at radius 3 is 2.09 bits per heavy atom. The molecule has 1 heterocycles. The lowest BCUT2D eigenvalue weighted by Crippen LogP contribution is -2.24. The Labute approximate surface area is 254 Å². The monoisotopic (exact) mass is 581 g/mol. The predicted molar refractivity (Wildman–Crippen MR) is 173 cm³/mol. The van der Waals surface area contributed by atoms with Crippen molar-refractivity contribution in [1.29, 1.82) is 0 Å². The fourth-order valence-electron chi connectivity index (χ4n) is 4.88. The number of aromatic amines is 1. The number of H-pyrrole nitrogens is 1. The molecule has 0 fully saturated rings. The van der Waals surface area contributed by atoms with Gasteiger partial charge in [0.15, 0.2) is 12.4 Å². The first kappa shape index (κ1) is 31.5. The van der Waals surface area contributed by atoms with E-state index < -0.39 is 5.56 Å². The van der Waals surface area contributed by atoms with Gasteiger partial charge in [0.2, 0.25) is 0 Å². The highest BCUT2D eigenvalue weighted by Gasteiger charge is 2.27. The number of amides is 1. The van der Waals surface area contributed by atoms with Crippen molar-refractivity contribution in [3.63, 3.8) is 0 Å². The molecular weight excluding hydrogens is 538 g/mol. The molecule has 226 valence electrons. The van der Waals surface area contributed by atoms with Crippen LogP contribution >= 0.6 is 0 Å². The number of aromatic nitrogens is 2. The molecule has 0 aliphatic carbocycles. The summed E-state index contributed by atoms with van der Waals surface area (Å²) in [4.78, 5) is 39.1. The van der Waals surface area contributed by atoms with Crippen LogP contribution in [0.2, 0.25) is 0 Å². The molecule has 1 amide bonds. The van der Waals surface area contributed by atoms with Crippen LogP contribution in [0.15, 0.2) is 71.5 Å². The van der Waals surface area contributed by atoms with Gasteiger partial charge in [0.1, 0.15) is 11.3 Å². The summed E-state index contributed by atoms with van der Waals surface area (Å²) >= 11 is 0. The van der Waals surface area contributed by atoms with Crippen LogP contribution in [-0.4, -0.2) is 28.1 Å². The highest BCUT2D eigenvalue weighted by molar-refractivity contribution is 6.09. The molecule has 0 atom stereocenters. The van der Waals surface area contributed by atoms with E-state index in [4.69, 9.17) is 4.74 Å². The summed E-state index contributed by atoms with van der Waals surface area (Å²) in [6.07, 6.45) is 1.95. The predicted octanol–water partition coefficient (Wildman–Crippen LogP) is 7.41. The summed E-state index contributed by atoms with van der Waals surface area (Å²) < 4.78 is 7.40. The van der Waals surface area contributed by atoms with E-state index in [9.17, 15) is 14.4 Å². The fraction of sp³-hybridized carbons (Fsp3) is 0.361. The average molecular weight is 582 g/mol. The zero-order valence-electron chi connectivity index (χ0n) is 26.6. The largest absolute Gasteiger partial charge is 0.483 e. The normalized spacial score (nSPS) is 11.8. The number of nitrogens with zero attached hydrogens (tertiary/aromatic N) is 1. The summed E-state index contributed by atoms with van der Waals surface area (Å²) in [6.45, 7) is 16.7. The highest BCUT2D eigenvalue weighted by Crippen LogP contribution is 2.38. The zero-order valence-corrected chi connectivity index (χ0v) is 26.6. The van der Waals surface area contributed by atoms with Gasteiger partial charge >= 0.3 is 0 Å². The van der Waals surface area contributed by atoms with Gasteiger partial charge in [-0.25, -0.2) is 4.68 Å². The number of carbonyl (C=O) groups excluding carboxylic acids is 2. The second-order valence-corrected chi connectivity index (χ2v) is 12.5. The van der Waals surface area contributed by atoms with Crippen molar-refractivity contribution in [3.8, 4) is 11.4 Å². The number of nitrogens with one attached hydrogen (secondary N) is 2. The number of ether oxygens (including phenoxy) is 1. The van der Waals surface area contributed by atoms with Gasteiger partial charge in [-0.2, -0.15) is 0 Å². The molecule has 0 radical (unpaired) electrons. The van der Waals surface area contributed by atoms with E-state index in [-0.39, 0.29) is 34.7 Å². The van der Waals surface area contributed by atoms with Crippen LogP contribution in [0, 0.1) is 13.8 Å². The van der Waals surface area contributed by atoms with Crippen LogP contribution in [0.25, 0.3) is 5.69 Å². The summed E-state index contributed by atoms with van der Waals surface area (Å²) in [5.74, 6) is 0.103. The standard InChI is InChI=1S/C36H43N3O4/c1-9-35(5,6)26-15-20-30(29(21-26)36(7,8)10-2)43-22-31(40)37-27-16-18-28(19-17-27)39-34(42)32(24(4)38-39)33(41)25-13-11-23(3)12-14-25/h11-21,38H,9-10,22H2,1-8H3,(H,37,40). The lowest BCUT2D eigenvalue weighted by molar-refractivity contribution is -0.118. The van der Waals surface area contributed by atoms with E-state index in [1.165, 1.54) is 10.2 Å². The Morgan fingerprint density at radius 1 is 0.860 bits per heavy atom. The molecular formula is C36H43N3O4. The number of aryl methyl sites for hydroxylation is 2. The third kappa shape index (κ3) is 6.82. The maximum absolute atomic E-state index is 13.2. The number of ketones is 1. The van der Waals surface area contributed by atoms with E-state index in [1.54, 1.807) is 43.3 Å². The van der Waals surface area contributed by atoms with E-state index in [0.29, 0.717) is 28.4 Å². The number of benzene rings is 3. The Balaban J connectivity index is 1.46. The lowest BCUT2D eigenvalue weighted by Gasteiger charge is -2.30. The Kier molecular flexibility index (Phi) is 9.14. The van der Waals surface area contributed by atoms with Gasteiger partial charge in [-0.1, -0.05) is 83.5 Å². The molecule has 2 N–H and O–H groups in total. The zero-order chi connectivity index (χ0) is 31.5. The van der Waals surface area contributed by atoms with Gasteiger partial charge in [-0.05, 0) is 73.4 Å². The Hall–Kier alpha value is -4.39. The molecule has 7 nitrogen and oxygen atoms in total. The number of anilines is 1.